The lowest BCUT2D eigenvalue weighted by Gasteiger charge is -2.29. The van der Waals surface area contributed by atoms with Gasteiger partial charge in [-0.1, -0.05) is 42.8 Å². The Morgan fingerprint density at radius 3 is 2.49 bits per heavy atom. The second-order valence-corrected chi connectivity index (χ2v) is 10.2. The molecule has 0 amide bonds. The van der Waals surface area contributed by atoms with E-state index in [0.29, 0.717) is 28.6 Å². The number of thioether (sulfide) groups is 1. The summed E-state index contributed by atoms with van der Waals surface area (Å²) in [5.41, 5.74) is -2.08. The van der Waals surface area contributed by atoms with Gasteiger partial charge in [0.15, 0.2) is 0 Å². The molecule has 8 heteroatoms. The standard InChI is InChI=1S/C27H27ClF3NO2S/c1-2-18-14-23(12-13-24(18)28)34-22-8-5-7-21(15-22)32(17-25(33)19-10-11-19)16-20-6-3-4-9-26(20)35-27(29,30)31/h3-9,12-15,19,25,33H,2,10-11,16-17H2,1H3. The predicted octanol–water partition coefficient (Wildman–Crippen LogP) is 8.08. The van der Waals surface area contributed by atoms with Crippen LogP contribution in [-0.2, 0) is 13.0 Å². The van der Waals surface area contributed by atoms with Crippen LogP contribution in [-0.4, -0.2) is 23.3 Å². The van der Waals surface area contributed by atoms with Crippen LogP contribution in [0, 0.1) is 5.92 Å². The molecule has 3 nitrogen and oxygen atoms in total. The summed E-state index contributed by atoms with van der Waals surface area (Å²) in [5, 5.41) is 11.4. The first kappa shape index (κ1) is 25.7. The summed E-state index contributed by atoms with van der Waals surface area (Å²) in [6.45, 7) is 2.57. The van der Waals surface area contributed by atoms with Crippen molar-refractivity contribution < 1.29 is 23.0 Å². The summed E-state index contributed by atoms with van der Waals surface area (Å²) in [5.74, 6) is 1.48. The van der Waals surface area contributed by atoms with Crippen LogP contribution in [0.3, 0.4) is 0 Å². The Bertz CT molecular complexity index is 1150. The van der Waals surface area contributed by atoms with E-state index in [9.17, 15) is 18.3 Å². The van der Waals surface area contributed by atoms with E-state index in [4.69, 9.17) is 16.3 Å². The van der Waals surface area contributed by atoms with E-state index >= 15 is 0 Å². The van der Waals surface area contributed by atoms with Crippen molar-refractivity contribution in [3.8, 4) is 11.5 Å². The SMILES string of the molecule is CCc1cc(Oc2cccc(N(Cc3ccccc3SC(F)(F)F)CC(O)C3CC3)c2)ccc1Cl. The number of hydrogen-bond donors (Lipinski definition) is 1. The molecule has 0 saturated heterocycles. The van der Waals surface area contributed by atoms with Crippen molar-refractivity contribution in [2.45, 2.75) is 49.2 Å². The van der Waals surface area contributed by atoms with Gasteiger partial charge in [-0.2, -0.15) is 13.2 Å². The number of halogens is 4. The van der Waals surface area contributed by atoms with Crippen molar-refractivity contribution in [1.82, 2.24) is 0 Å². The predicted molar refractivity (Wildman–Crippen MR) is 135 cm³/mol. The molecular formula is C27H27ClF3NO2S. The van der Waals surface area contributed by atoms with Crippen molar-refractivity contribution in [3.05, 3.63) is 82.9 Å². The summed E-state index contributed by atoms with van der Waals surface area (Å²) in [7, 11) is 0. The van der Waals surface area contributed by atoms with Gasteiger partial charge in [-0.3, -0.25) is 0 Å². The van der Waals surface area contributed by atoms with Gasteiger partial charge in [0.25, 0.3) is 0 Å². The Labute approximate surface area is 212 Å². The molecule has 3 aromatic carbocycles. The third-order valence-corrected chi connectivity index (χ3v) is 7.17. The molecule has 0 bridgehead atoms. The largest absolute Gasteiger partial charge is 0.457 e. The van der Waals surface area contributed by atoms with Crippen molar-refractivity contribution in [3.63, 3.8) is 0 Å². The number of anilines is 1. The molecule has 35 heavy (non-hydrogen) atoms. The van der Waals surface area contributed by atoms with Gasteiger partial charge in [-0.25, -0.2) is 0 Å². The zero-order valence-corrected chi connectivity index (χ0v) is 20.8. The van der Waals surface area contributed by atoms with Crippen LogP contribution >= 0.6 is 23.4 Å². The van der Waals surface area contributed by atoms with E-state index in [0.717, 1.165) is 30.5 Å². The molecule has 0 aliphatic heterocycles. The Hall–Kier alpha value is -2.35. The molecule has 1 atom stereocenters. The van der Waals surface area contributed by atoms with Crippen LogP contribution < -0.4 is 9.64 Å². The van der Waals surface area contributed by atoms with Gasteiger partial charge >= 0.3 is 5.51 Å². The van der Waals surface area contributed by atoms with Crippen LogP contribution in [0.1, 0.15) is 30.9 Å². The Kier molecular flexibility index (Phi) is 8.19. The molecule has 0 radical (unpaired) electrons. The number of aryl methyl sites for hydroxylation is 1. The molecule has 1 fully saturated rings. The molecule has 1 aliphatic rings. The second-order valence-electron chi connectivity index (χ2n) is 8.65. The van der Waals surface area contributed by atoms with Crippen LogP contribution in [0.4, 0.5) is 18.9 Å². The highest BCUT2D eigenvalue weighted by molar-refractivity contribution is 8.00. The normalized spacial score (nSPS) is 14.6. The average Bonchev–Trinajstić information content (AvgIpc) is 3.66. The third kappa shape index (κ3) is 7.32. The fourth-order valence-corrected chi connectivity index (χ4v) is 4.86. The van der Waals surface area contributed by atoms with Crippen molar-refractivity contribution in [2.24, 2.45) is 5.92 Å². The van der Waals surface area contributed by atoms with Gasteiger partial charge in [0.1, 0.15) is 11.5 Å². The van der Waals surface area contributed by atoms with Gasteiger partial charge < -0.3 is 14.7 Å². The number of ether oxygens (including phenoxy) is 1. The van der Waals surface area contributed by atoms with E-state index in [1.54, 1.807) is 30.3 Å². The van der Waals surface area contributed by atoms with E-state index < -0.39 is 11.6 Å². The number of hydrogen-bond acceptors (Lipinski definition) is 4. The fraction of sp³-hybridized carbons (Fsp3) is 0.333. The highest BCUT2D eigenvalue weighted by Gasteiger charge is 2.32. The second kappa shape index (κ2) is 11.1. The zero-order chi connectivity index (χ0) is 25.0. The Balaban J connectivity index is 1.60. The van der Waals surface area contributed by atoms with Crippen LogP contribution in [0.2, 0.25) is 5.02 Å². The summed E-state index contributed by atoms with van der Waals surface area (Å²) in [6.07, 6.45) is 2.16. The van der Waals surface area contributed by atoms with Crippen LogP contribution in [0.15, 0.2) is 71.6 Å². The van der Waals surface area contributed by atoms with E-state index in [1.165, 1.54) is 6.07 Å². The number of alkyl halides is 3. The van der Waals surface area contributed by atoms with Crippen molar-refractivity contribution in [2.75, 3.05) is 11.4 Å². The van der Waals surface area contributed by atoms with Crippen LogP contribution in [0.25, 0.3) is 0 Å². The topological polar surface area (TPSA) is 32.7 Å². The minimum absolute atomic E-state index is 0.113. The molecule has 186 valence electrons. The monoisotopic (exact) mass is 521 g/mol. The fourth-order valence-electron chi connectivity index (χ4n) is 3.95. The maximum Gasteiger partial charge on any atom is 0.446 e. The number of rotatable bonds is 10. The maximum absolute atomic E-state index is 13.1. The molecule has 1 unspecified atom stereocenters. The minimum atomic E-state index is -4.38. The molecule has 1 aliphatic carbocycles. The van der Waals surface area contributed by atoms with E-state index in [2.05, 4.69) is 0 Å². The minimum Gasteiger partial charge on any atom is -0.457 e. The smallest absolute Gasteiger partial charge is 0.446 e. The molecule has 0 spiro atoms. The molecule has 3 aromatic rings. The highest BCUT2D eigenvalue weighted by atomic mass is 35.5. The molecule has 0 aromatic heterocycles. The van der Waals surface area contributed by atoms with Gasteiger partial charge in [0.05, 0.1) is 6.10 Å². The molecule has 1 N–H and O–H groups in total. The number of nitrogens with zero attached hydrogens (tertiary/aromatic N) is 1. The number of benzene rings is 3. The van der Waals surface area contributed by atoms with Gasteiger partial charge in [-0.05, 0) is 84.5 Å². The molecule has 0 heterocycles. The van der Waals surface area contributed by atoms with Crippen molar-refractivity contribution >= 4 is 29.1 Å². The van der Waals surface area contributed by atoms with Crippen molar-refractivity contribution in [1.29, 1.82) is 0 Å². The van der Waals surface area contributed by atoms with E-state index in [-0.39, 0.29) is 29.1 Å². The number of aliphatic hydroxyl groups is 1. The quantitative estimate of drug-likeness (QED) is 0.273. The van der Waals surface area contributed by atoms with Gasteiger partial charge in [0.2, 0.25) is 0 Å². The summed E-state index contributed by atoms with van der Waals surface area (Å²) >= 11 is 6.10. The first-order chi connectivity index (χ1) is 16.7. The molecule has 4 rings (SSSR count). The molecular weight excluding hydrogens is 495 g/mol. The lowest BCUT2D eigenvalue weighted by Crippen LogP contribution is -2.33. The lowest BCUT2D eigenvalue weighted by molar-refractivity contribution is -0.0328. The Morgan fingerprint density at radius 1 is 1.03 bits per heavy atom. The summed E-state index contributed by atoms with van der Waals surface area (Å²) in [4.78, 5) is 2.08. The maximum atomic E-state index is 13.1. The lowest BCUT2D eigenvalue weighted by atomic mass is 10.1. The average molecular weight is 522 g/mol. The Morgan fingerprint density at radius 2 is 1.77 bits per heavy atom. The summed E-state index contributed by atoms with van der Waals surface area (Å²) < 4.78 is 45.5. The number of aliphatic hydroxyl groups excluding tert-OH is 1. The van der Waals surface area contributed by atoms with Gasteiger partial charge in [0, 0.05) is 34.8 Å². The van der Waals surface area contributed by atoms with Crippen LogP contribution in [0.5, 0.6) is 11.5 Å². The zero-order valence-electron chi connectivity index (χ0n) is 19.3. The molecule has 1 saturated carbocycles. The highest BCUT2D eigenvalue weighted by Crippen LogP contribution is 2.40. The third-order valence-electron chi connectivity index (χ3n) is 5.95. The van der Waals surface area contributed by atoms with Gasteiger partial charge in [-0.15, -0.1) is 0 Å². The first-order valence-corrected chi connectivity index (χ1v) is 12.7. The summed E-state index contributed by atoms with van der Waals surface area (Å²) in [6, 6.07) is 19.4. The van der Waals surface area contributed by atoms with E-state index in [1.807, 2.05) is 42.2 Å². The first-order valence-electron chi connectivity index (χ1n) is 11.5.